The Hall–Kier alpha value is -2.49. The van der Waals surface area contributed by atoms with Crippen molar-refractivity contribution in [1.82, 2.24) is 20.2 Å². The summed E-state index contributed by atoms with van der Waals surface area (Å²) in [5.41, 5.74) is 3.29. The molecule has 8 heteroatoms. The number of aliphatic imine (C=N–C) groups is 1. The minimum Gasteiger partial charge on any atom is -0.495 e. The largest absolute Gasteiger partial charge is 0.495 e. The zero-order valence-electron chi connectivity index (χ0n) is 18.2. The first kappa shape index (κ1) is 23.2. The molecule has 166 valence electrons. The van der Waals surface area contributed by atoms with Crippen LogP contribution in [0.3, 0.4) is 0 Å². The topological polar surface area (TPSA) is 68.8 Å². The number of aromatic amines is 1. The molecule has 1 aliphatic rings. The SMILES string of the molecule is CN=C(NCCCc1nc2ccccc2[nH]1)N1CCN(c2ccccc2OC)CC1.I. The number of aryl methyl sites for hydroxylation is 1. The number of ether oxygens (including phenoxy) is 1. The Kier molecular flexibility index (Phi) is 8.39. The summed E-state index contributed by atoms with van der Waals surface area (Å²) < 4.78 is 5.52. The van der Waals surface area contributed by atoms with Crippen molar-refractivity contribution in [1.29, 1.82) is 0 Å². The number of guanidine groups is 1. The van der Waals surface area contributed by atoms with E-state index in [2.05, 4.69) is 48.3 Å². The summed E-state index contributed by atoms with van der Waals surface area (Å²) in [5, 5.41) is 3.51. The molecule has 2 aromatic carbocycles. The van der Waals surface area contributed by atoms with E-state index in [-0.39, 0.29) is 24.0 Å². The van der Waals surface area contributed by atoms with Gasteiger partial charge in [-0.1, -0.05) is 24.3 Å². The number of halogens is 1. The summed E-state index contributed by atoms with van der Waals surface area (Å²) >= 11 is 0. The quantitative estimate of drug-likeness (QED) is 0.219. The fraction of sp³-hybridized carbons (Fsp3) is 0.391. The summed E-state index contributed by atoms with van der Waals surface area (Å²) in [7, 11) is 3.58. The number of imidazole rings is 1. The number of anilines is 1. The van der Waals surface area contributed by atoms with Crippen molar-refractivity contribution in [3.63, 3.8) is 0 Å². The number of fused-ring (bicyclic) bond motifs is 1. The fourth-order valence-electron chi connectivity index (χ4n) is 3.96. The van der Waals surface area contributed by atoms with Gasteiger partial charge < -0.3 is 24.8 Å². The number of nitrogens with one attached hydrogen (secondary N) is 2. The van der Waals surface area contributed by atoms with Gasteiger partial charge in [-0.2, -0.15) is 0 Å². The van der Waals surface area contributed by atoms with Crippen LogP contribution in [0.25, 0.3) is 11.0 Å². The Balaban J connectivity index is 0.00000272. The minimum atomic E-state index is 0. The van der Waals surface area contributed by atoms with Gasteiger partial charge in [0.1, 0.15) is 11.6 Å². The molecule has 4 rings (SSSR count). The number of aromatic nitrogens is 2. The van der Waals surface area contributed by atoms with Gasteiger partial charge in [0.15, 0.2) is 5.96 Å². The Labute approximate surface area is 200 Å². The van der Waals surface area contributed by atoms with Gasteiger partial charge in [-0.3, -0.25) is 4.99 Å². The molecule has 1 saturated heterocycles. The Morgan fingerprint density at radius 3 is 2.58 bits per heavy atom. The van der Waals surface area contributed by atoms with Gasteiger partial charge in [-0.05, 0) is 30.7 Å². The van der Waals surface area contributed by atoms with Gasteiger partial charge >= 0.3 is 0 Å². The molecule has 0 amide bonds. The van der Waals surface area contributed by atoms with Crippen LogP contribution in [-0.4, -0.2) is 67.7 Å². The van der Waals surface area contributed by atoms with E-state index in [4.69, 9.17) is 4.74 Å². The number of hydrogen-bond donors (Lipinski definition) is 2. The molecule has 0 atom stereocenters. The third-order valence-corrected chi connectivity index (χ3v) is 5.53. The third kappa shape index (κ3) is 5.61. The first-order chi connectivity index (χ1) is 14.8. The molecule has 3 aromatic rings. The summed E-state index contributed by atoms with van der Waals surface area (Å²) in [6, 6.07) is 16.4. The third-order valence-electron chi connectivity index (χ3n) is 5.53. The normalized spacial score (nSPS) is 14.5. The monoisotopic (exact) mass is 534 g/mol. The van der Waals surface area contributed by atoms with Crippen molar-refractivity contribution in [3.05, 3.63) is 54.4 Å². The van der Waals surface area contributed by atoms with Crippen molar-refractivity contribution in [2.75, 3.05) is 51.8 Å². The Bertz CT molecular complexity index is 963. The molecule has 1 aliphatic heterocycles. The molecular formula is C23H31IN6O. The van der Waals surface area contributed by atoms with Crippen molar-refractivity contribution in [3.8, 4) is 5.75 Å². The van der Waals surface area contributed by atoms with Gasteiger partial charge in [0.05, 0.1) is 23.8 Å². The summed E-state index contributed by atoms with van der Waals surface area (Å²) in [5.74, 6) is 2.94. The van der Waals surface area contributed by atoms with Crippen molar-refractivity contribution >= 4 is 46.7 Å². The second-order valence-electron chi connectivity index (χ2n) is 7.42. The van der Waals surface area contributed by atoms with E-state index in [1.165, 1.54) is 0 Å². The molecule has 1 aromatic heterocycles. The lowest BCUT2D eigenvalue weighted by molar-refractivity contribution is 0.367. The number of piperazine rings is 1. The lowest BCUT2D eigenvalue weighted by atomic mass is 10.2. The maximum Gasteiger partial charge on any atom is 0.193 e. The zero-order chi connectivity index (χ0) is 20.8. The van der Waals surface area contributed by atoms with Crippen LogP contribution in [0.2, 0.25) is 0 Å². The van der Waals surface area contributed by atoms with Crippen LogP contribution in [0.1, 0.15) is 12.2 Å². The maximum absolute atomic E-state index is 5.52. The smallest absolute Gasteiger partial charge is 0.193 e. The second kappa shape index (κ2) is 11.2. The molecular weight excluding hydrogens is 503 g/mol. The predicted octanol–water partition coefficient (Wildman–Crippen LogP) is 3.52. The molecule has 7 nitrogen and oxygen atoms in total. The second-order valence-corrected chi connectivity index (χ2v) is 7.42. The van der Waals surface area contributed by atoms with E-state index in [9.17, 15) is 0 Å². The average Bonchev–Trinajstić information content (AvgIpc) is 3.22. The van der Waals surface area contributed by atoms with E-state index in [1.807, 2.05) is 37.4 Å². The van der Waals surface area contributed by atoms with Crippen molar-refractivity contribution in [2.45, 2.75) is 12.8 Å². The summed E-state index contributed by atoms with van der Waals surface area (Å²) in [4.78, 5) is 17.2. The lowest BCUT2D eigenvalue weighted by Crippen LogP contribution is -2.52. The number of methoxy groups -OCH3 is 1. The molecule has 0 unspecified atom stereocenters. The predicted molar refractivity (Wildman–Crippen MR) is 138 cm³/mol. The van der Waals surface area contributed by atoms with Gasteiger partial charge in [-0.25, -0.2) is 4.98 Å². The van der Waals surface area contributed by atoms with E-state index < -0.39 is 0 Å². The summed E-state index contributed by atoms with van der Waals surface area (Å²) in [6.45, 7) is 4.62. The van der Waals surface area contributed by atoms with Crippen LogP contribution in [0, 0.1) is 0 Å². The number of H-pyrrole nitrogens is 1. The molecule has 31 heavy (non-hydrogen) atoms. The Morgan fingerprint density at radius 1 is 1.10 bits per heavy atom. The molecule has 0 bridgehead atoms. The van der Waals surface area contributed by atoms with Crippen LogP contribution in [0.4, 0.5) is 5.69 Å². The van der Waals surface area contributed by atoms with Gasteiger partial charge in [0.25, 0.3) is 0 Å². The Morgan fingerprint density at radius 2 is 1.84 bits per heavy atom. The molecule has 1 fully saturated rings. The standard InChI is InChI=1S/C23H30N6O.HI/c1-24-23(25-13-7-12-22-26-18-8-3-4-9-19(18)27-22)29-16-14-28(15-17-29)20-10-5-6-11-21(20)30-2;/h3-6,8-11H,7,12-17H2,1-2H3,(H,24,25)(H,26,27);1H. The van der Waals surface area contributed by atoms with E-state index in [0.717, 1.165) is 79.8 Å². The van der Waals surface area contributed by atoms with Crippen LogP contribution < -0.4 is 15.0 Å². The van der Waals surface area contributed by atoms with Crippen molar-refractivity contribution in [2.24, 2.45) is 4.99 Å². The molecule has 2 heterocycles. The van der Waals surface area contributed by atoms with Crippen LogP contribution in [-0.2, 0) is 6.42 Å². The van der Waals surface area contributed by atoms with Crippen LogP contribution in [0.5, 0.6) is 5.75 Å². The molecule has 0 radical (unpaired) electrons. The van der Waals surface area contributed by atoms with E-state index >= 15 is 0 Å². The van der Waals surface area contributed by atoms with Crippen molar-refractivity contribution < 1.29 is 4.74 Å². The first-order valence-electron chi connectivity index (χ1n) is 10.6. The average molecular weight is 534 g/mol. The number of hydrogen-bond acceptors (Lipinski definition) is 4. The first-order valence-corrected chi connectivity index (χ1v) is 10.6. The van der Waals surface area contributed by atoms with Crippen LogP contribution >= 0.6 is 24.0 Å². The number of rotatable bonds is 6. The zero-order valence-corrected chi connectivity index (χ0v) is 20.5. The van der Waals surface area contributed by atoms with E-state index in [0.29, 0.717) is 0 Å². The molecule has 2 N–H and O–H groups in total. The molecule has 0 saturated carbocycles. The highest BCUT2D eigenvalue weighted by Gasteiger charge is 2.21. The number of benzene rings is 2. The molecule has 0 spiro atoms. The van der Waals surface area contributed by atoms with Gasteiger partial charge in [0, 0.05) is 46.2 Å². The van der Waals surface area contributed by atoms with Gasteiger partial charge in [0.2, 0.25) is 0 Å². The number of nitrogens with zero attached hydrogens (tertiary/aromatic N) is 4. The van der Waals surface area contributed by atoms with E-state index in [1.54, 1.807) is 7.11 Å². The fourth-order valence-corrected chi connectivity index (χ4v) is 3.96. The highest BCUT2D eigenvalue weighted by atomic mass is 127. The highest BCUT2D eigenvalue weighted by Crippen LogP contribution is 2.28. The minimum absolute atomic E-state index is 0. The number of para-hydroxylation sites is 4. The lowest BCUT2D eigenvalue weighted by Gasteiger charge is -2.38. The summed E-state index contributed by atoms with van der Waals surface area (Å²) in [6.07, 6.45) is 1.92. The van der Waals surface area contributed by atoms with Gasteiger partial charge in [-0.15, -0.1) is 24.0 Å². The molecule has 0 aliphatic carbocycles. The van der Waals surface area contributed by atoms with Crippen LogP contribution in [0.15, 0.2) is 53.5 Å². The highest BCUT2D eigenvalue weighted by molar-refractivity contribution is 14.0. The maximum atomic E-state index is 5.52.